The molecule has 0 aliphatic rings. The van der Waals surface area contributed by atoms with Crippen molar-refractivity contribution in [2.24, 2.45) is 0 Å². The maximum absolute atomic E-state index is 9.77. The third kappa shape index (κ3) is 8.64. The topological polar surface area (TPSA) is 51.2 Å². The van der Waals surface area contributed by atoms with Crippen molar-refractivity contribution >= 4 is 0 Å². The van der Waals surface area contributed by atoms with Crippen LogP contribution in [0.25, 0.3) is 0 Å². The van der Waals surface area contributed by atoms with E-state index in [4.69, 9.17) is 14.2 Å². The highest BCUT2D eigenvalue weighted by Crippen LogP contribution is 2.21. The van der Waals surface area contributed by atoms with Gasteiger partial charge >= 0.3 is 0 Å². The first-order valence-corrected chi connectivity index (χ1v) is 10.4. The third-order valence-electron chi connectivity index (χ3n) is 4.98. The summed E-state index contributed by atoms with van der Waals surface area (Å²) in [5.74, 6) is 0. The van der Waals surface area contributed by atoms with Gasteiger partial charge in [-0.3, -0.25) is 4.90 Å². The van der Waals surface area contributed by atoms with Crippen molar-refractivity contribution in [2.75, 3.05) is 33.7 Å². The van der Waals surface area contributed by atoms with Gasteiger partial charge in [-0.2, -0.15) is 0 Å². The molecule has 29 heavy (non-hydrogen) atoms. The predicted molar refractivity (Wildman–Crippen MR) is 115 cm³/mol. The Hall–Kier alpha value is -1.76. The van der Waals surface area contributed by atoms with Gasteiger partial charge < -0.3 is 19.3 Å². The summed E-state index contributed by atoms with van der Waals surface area (Å²) >= 11 is 0. The Kier molecular flexibility index (Phi) is 11.6. The lowest BCUT2D eigenvalue weighted by atomic mass is 10.0. The summed E-state index contributed by atoms with van der Waals surface area (Å²) in [4.78, 5) is 2.41. The quantitative estimate of drug-likeness (QED) is 0.363. The second kappa shape index (κ2) is 14.3. The average molecular weight is 402 g/mol. The smallest absolute Gasteiger partial charge is 0.147 e. The Labute approximate surface area is 175 Å². The molecule has 0 aromatic heterocycles. The minimum atomic E-state index is -0.0304. The number of ether oxygens (including phenoxy) is 3. The molecule has 0 saturated carbocycles. The summed E-state index contributed by atoms with van der Waals surface area (Å²) in [6.07, 6.45) is 1.46. The number of nitrogens with zero attached hydrogens (tertiary/aromatic N) is 1. The number of hydrogen-bond acceptors (Lipinski definition) is 5. The predicted octanol–water partition coefficient (Wildman–Crippen LogP) is 3.86. The SMILES string of the molecule is CC[C@H](OCOCCOC)[C@H](CCO)N(Cc1ccccc1)Cc1ccccc1. The molecule has 2 rings (SSSR count). The summed E-state index contributed by atoms with van der Waals surface area (Å²) in [6, 6.07) is 21.0. The second-order valence-corrected chi connectivity index (χ2v) is 7.09. The van der Waals surface area contributed by atoms with Crippen molar-refractivity contribution in [3.05, 3.63) is 71.8 Å². The fourth-order valence-electron chi connectivity index (χ4n) is 3.50. The number of hydrogen-bond donors (Lipinski definition) is 1. The number of benzene rings is 2. The van der Waals surface area contributed by atoms with Gasteiger partial charge in [-0.25, -0.2) is 0 Å². The van der Waals surface area contributed by atoms with Crippen molar-refractivity contribution in [3.8, 4) is 0 Å². The molecular weight excluding hydrogens is 366 g/mol. The van der Waals surface area contributed by atoms with Crippen LogP contribution in [0.4, 0.5) is 0 Å². The minimum Gasteiger partial charge on any atom is -0.396 e. The Balaban J connectivity index is 2.14. The van der Waals surface area contributed by atoms with Gasteiger partial charge in [0.15, 0.2) is 0 Å². The van der Waals surface area contributed by atoms with Crippen LogP contribution in [-0.4, -0.2) is 55.9 Å². The molecule has 1 N–H and O–H groups in total. The van der Waals surface area contributed by atoms with Gasteiger partial charge in [-0.05, 0) is 24.0 Å². The second-order valence-electron chi connectivity index (χ2n) is 7.09. The lowest BCUT2D eigenvalue weighted by molar-refractivity contribution is -0.124. The molecule has 2 aromatic carbocycles. The standard InChI is InChI=1S/C24H35NO4/c1-3-24(29-20-28-17-16-27-2)23(14-15-26)25(18-21-10-6-4-7-11-21)19-22-12-8-5-9-13-22/h4-13,23-24,26H,3,14-20H2,1-2H3/t23-,24-/m0/s1. The van der Waals surface area contributed by atoms with Crippen molar-refractivity contribution in [3.63, 3.8) is 0 Å². The fourth-order valence-corrected chi connectivity index (χ4v) is 3.50. The van der Waals surface area contributed by atoms with Crippen LogP contribution in [0.15, 0.2) is 60.7 Å². The molecule has 5 heteroatoms. The van der Waals surface area contributed by atoms with Crippen LogP contribution >= 0.6 is 0 Å². The molecule has 0 radical (unpaired) electrons. The van der Waals surface area contributed by atoms with E-state index in [2.05, 4.69) is 60.4 Å². The Morgan fingerprint density at radius 1 is 0.897 bits per heavy atom. The third-order valence-corrected chi connectivity index (χ3v) is 4.98. The summed E-state index contributed by atoms with van der Waals surface area (Å²) < 4.78 is 16.6. The zero-order valence-electron chi connectivity index (χ0n) is 17.7. The Morgan fingerprint density at radius 3 is 1.97 bits per heavy atom. The van der Waals surface area contributed by atoms with Crippen LogP contribution in [0, 0.1) is 0 Å². The molecule has 0 spiro atoms. The van der Waals surface area contributed by atoms with Crippen LogP contribution in [0.3, 0.4) is 0 Å². The summed E-state index contributed by atoms with van der Waals surface area (Å²) in [7, 11) is 1.65. The molecular formula is C24H35NO4. The van der Waals surface area contributed by atoms with Gasteiger partial charge in [0.2, 0.25) is 0 Å². The molecule has 5 nitrogen and oxygen atoms in total. The van der Waals surface area contributed by atoms with Gasteiger partial charge in [-0.1, -0.05) is 67.6 Å². The van der Waals surface area contributed by atoms with E-state index in [0.717, 1.165) is 19.5 Å². The zero-order chi connectivity index (χ0) is 20.7. The molecule has 0 amide bonds. The molecule has 0 bridgehead atoms. The number of methoxy groups -OCH3 is 1. The summed E-state index contributed by atoms with van der Waals surface area (Å²) in [5, 5.41) is 9.77. The van der Waals surface area contributed by atoms with Crippen molar-refractivity contribution in [1.82, 2.24) is 4.90 Å². The Bertz CT molecular complexity index is 596. The van der Waals surface area contributed by atoms with Crippen molar-refractivity contribution in [2.45, 2.75) is 45.0 Å². The van der Waals surface area contributed by atoms with Crippen LogP contribution in [0.2, 0.25) is 0 Å². The molecule has 160 valence electrons. The Morgan fingerprint density at radius 2 is 1.48 bits per heavy atom. The summed E-state index contributed by atoms with van der Waals surface area (Å²) in [5.41, 5.74) is 2.50. The van der Waals surface area contributed by atoms with Gasteiger partial charge in [0.25, 0.3) is 0 Å². The highest BCUT2D eigenvalue weighted by Gasteiger charge is 2.27. The molecule has 0 saturated heterocycles. The van der Waals surface area contributed by atoms with E-state index in [0.29, 0.717) is 19.6 Å². The summed E-state index contributed by atoms with van der Waals surface area (Å²) in [6.45, 7) is 5.12. The molecule has 0 fully saturated rings. The van der Waals surface area contributed by atoms with E-state index in [9.17, 15) is 5.11 Å². The lowest BCUT2D eigenvalue weighted by Gasteiger charge is -2.36. The van der Waals surface area contributed by atoms with E-state index in [1.165, 1.54) is 11.1 Å². The number of aliphatic hydroxyl groups excluding tert-OH is 1. The molecule has 0 aliphatic carbocycles. The average Bonchev–Trinajstić information content (AvgIpc) is 2.76. The number of rotatable bonds is 15. The monoisotopic (exact) mass is 401 g/mol. The highest BCUT2D eigenvalue weighted by molar-refractivity contribution is 5.17. The first kappa shape index (κ1) is 23.5. The molecule has 0 heterocycles. The normalized spacial score (nSPS) is 13.5. The van der Waals surface area contributed by atoms with Gasteiger partial charge in [-0.15, -0.1) is 0 Å². The van der Waals surface area contributed by atoms with Crippen LogP contribution in [0.1, 0.15) is 30.9 Å². The van der Waals surface area contributed by atoms with Crippen molar-refractivity contribution < 1.29 is 19.3 Å². The van der Waals surface area contributed by atoms with E-state index in [1.54, 1.807) is 7.11 Å². The molecule has 0 aliphatic heterocycles. The zero-order valence-corrected chi connectivity index (χ0v) is 17.7. The van der Waals surface area contributed by atoms with Gasteiger partial charge in [0.05, 0.1) is 19.3 Å². The van der Waals surface area contributed by atoms with Gasteiger partial charge in [0, 0.05) is 32.8 Å². The largest absolute Gasteiger partial charge is 0.396 e. The van der Waals surface area contributed by atoms with Crippen LogP contribution in [0.5, 0.6) is 0 Å². The first-order chi connectivity index (χ1) is 14.3. The lowest BCUT2D eigenvalue weighted by Crippen LogP contribution is -2.44. The van der Waals surface area contributed by atoms with E-state index < -0.39 is 0 Å². The maximum Gasteiger partial charge on any atom is 0.147 e. The number of aliphatic hydroxyl groups is 1. The molecule has 0 unspecified atom stereocenters. The fraction of sp³-hybridized carbons (Fsp3) is 0.500. The molecule has 2 aromatic rings. The van der Waals surface area contributed by atoms with E-state index >= 15 is 0 Å². The first-order valence-electron chi connectivity index (χ1n) is 10.4. The highest BCUT2D eigenvalue weighted by atomic mass is 16.7. The van der Waals surface area contributed by atoms with E-state index in [-0.39, 0.29) is 25.5 Å². The minimum absolute atomic E-state index is 0.0304. The van der Waals surface area contributed by atoms with Crippen LogP contribution in [-0.2, 0) is 27.3 Å². The van der Waals surface area contributed by atoms with E-state index in [1.807, 2.05) is 12.1 Å². The maximum atomic E-state index is 9.77. The molecule has 2 atom stereocenters. The van der Waals surface area contributed by atoms with Gasteiger partial charge in [0.1, 0.15) is 6.79 Å². The van der Waals surface area contributed by atoms with Crippen molar-refractivity contribution in [1.29, 1.82) is 0 Å². The van der Waals surface area contributed by atoms with Crippen LogP contribution < -0.4 is 0 Å².